The third kappa shape index (κ3) is 4.70. The van der Waals surface area contributed by atoms with Gasteiger partial charge >= 0.3 is 6.18 Å². The molecule has 1 saturated heterocycles. The van der Waals surface area contributed by atoms with Crippen LogP contribution in [0.5, 0.6) is 11.5 Å². The van der Waals surface area contributed by atoms with E-state index in [1.54, 1.807) is 17.0 Å². The predicted molar refractivity (Wildman–Crippen MR) is 103 cm³/mol. The van der Waals surface area contributed by atoms with Gasteiger partial charge in [0.05, 0.1) is 11.5 Å². The first kappa shape index (κ1) is 21.3. The highest BCUT2D eigenvalue weighted by Gasteiger charge is 2.35. The highest BCUT2D eigenvalue weighted by molar-refractivity contribution is 5.79. The number of hydrogen-bond donors (Lipinski definition) is 0. The molecule has 0 bridgehead atoms. The molecule has 4 rings (SSSR count). The molecule has 2 aliphatic rings. The van der Waals surface area contributed by atoms with Gasteiger partial charge in [-0.15, -0.1) is 0 Å². The maximum Gasteiger partial charge on any atom is 0.419 e. The summed E-state index contributed by atoms with van der Waals surface area (Å²) in [6, 6.07) is 7.68. The molecule has 2 aliphatic heterocycles. The number of fused-ring (bicyclic) bond motifs is 1. The lowest BCUT2D eigenvalue weighted by Gasteiger charge is -2.32. The van der Waals surface area contributed by atoms with Crippen molar-refractivity contribution < 1.29 is 31.9 Å². The van der Waals surface area contributed by atoms with Crippen LogP contribution in [0.4, 0.5) is 17.6 Å². The Morgan fingerprint density at radius 3 is 2.39 bits per heavy atom. The van der Waals surface area contributed by atoms with Crippen molar-refractivity contribution in [2.75, 3.05) is 19.6 Å². The Morgan fingerprint density at radius 1 is 1.03 bits per heavy atom. The monoisotopic (exact) mass is 437 g/mol. The number of carbonyl (C=O) groups is 1. The second-order valence-electron chi connectivity index (χ2n) is 7.89. The van der Waals surface area contributed by atoms with Crippen molar-refractivity contribution in [1.82, 2.24) is 4.90 Å². The van der Waals surface area contributed by atoms with Gasteiger partial charge in [0.25, 0.3) is 0 Å². The minimum atomic E-state index is -4.77. The van der Waals surface area contributed by atoms with E-state index < -0.39 is 17.6 Å². The van der Waals surface area contributed by atoms with Gasteiger partial charge in [-0.05, 0) is 46.6 Å². The maximum atomic E-state index is 13.8. The number of halogens is 4. The van der Waals surface area contributed by atoms with Crippen LogP contribution in [0.1, 0.15) is 29.5 Å². The van der Waals surface area contributed by atoms with Crippen molar-refractivity contribution in [2.24, 2.45) is 5.92 Å². The van der Waals surface area contributed by atoms with E-state index >= 15 is 0 Å². The lowest BCUT2D eigenvalue weighted by atomic mass is 9.93. The van der Waals surface area contributed by atoms with E-state index in [2.05, 4.69) is 0 Å². The molecule has 0 aromatic heterocycles. The standard InChI is InChI=1S/C22H21F4N2O3/c23-20-12-18(3-4-19(20)22(24,25)26)31-17-2-1-14-5-8-27(13-16(14)11-17)21(29)15-6-9-28(30)10-7-15/h1-4,11-12,15H,5-10,13H2/q+1. The SMILES string of the molecule is O=C(C1CC[N+](=O)CC1)N1CCc2ccc(Oc3ccc(C(F)(F)F)c(F)c3)cc2C1. The van der Waals surface area contributed by atoms with Gasteiger partial charge in [0.1, 0.15) is 17.3 Å². The topological polar surface area (TPSA) is 49.6 Å². The summed E-state index contributed by atoms with van der Waals surface area (Å²) >= 11 is 0. The predicted octanol–water partition coefficient (Wildman–Crippen LogP) is 4.71. The summed E-state index contributed by atoms with van der Waals surface area (Å²) in [5.41, 5.74) is 0.595. The van der Waals surface area contributed by atoms with E-state index in [-0.39, 0.29) is 17.6 Å². The average Bonchev–Trinajstić information content (AvgIpc) is 2.72. The van der Waals surface area contributed by atoms with Crippen LogP contribution in [0.25, 0.3) is 0 Å². The molecule has 31 heavy (non-hydrogen) atoms. The van der Waals surface area contributed by atoms with Crippen LogP contribution in [-0.4, -0.2) is 35.2 Å². The molecule has 0 spiro atoms. The van der Waals surface area contributed by atoms with Crippen LogP contribution in [0.3, 0.4) is 0 Å². The van der Waals surface area contributed by atoms with Crippen LogP contribution < -0.4 is 4.74 Å². The maximum absolute atomic E-state index is 13.8. The number of amides is 1. The Hall–Kier alpha value is -2.97. The van der Waals surface area contributed by atoms with Crippen molar-refractivity contribution >= 4 is 5.91 Å². The second kappa shape index (κ2) is 8.28. The Bertz CT molecular complexity index is 1010. The summed E-state index contributed by atoms with van der Waals surface area (Å²) in [7, 11) is 0. The fraction of sp³-hybridized carbons (Fsp3) is 0.409. The first-order valence-corrected chi connectivity index (χ1v) is 10.1. The highest BCUT2D eigenvalue weighted by atomic mass is 19.4. The minimum Gasteiger partial charge on any atom is -0.457 e. The smallest absolute Gasteiger partial charge is 0.419 e. The van der Waals surface area contributed by atoms with Gasteiger partial charge in [-0.1, -0.05) is 6.07 Å². The van der Waals surface area contributed by atoms with Crippen LogP contribution in [-0.2, 0) is 23.9 Å². The third-order valence-electron chi connectivity index (χ3n) is 5.79. The van der Waals surface area contributed by atoms with Gasteiger partial charge in [-0.2, -0.15) is 13.2 Å². The number of piperidine rings is 1. The highest BCUT2D eigenvalue weighted by Crippen LogP contribution is 2.34. The number of nitroso groups, excluding NO2 is 1. The Morgan fingerprint density at radius 2 is 1.71 bits per heavy atom. The van der Waals surface area contributed by atoms with E-state index in [9.17, 15) is 27.3 Å². The number of ether oxygens (including phenoxy) is 1. The van der Waals surface area contributed by atoms with E-state index in [1.165, 1.54) is 0 Å². The number of nitrogens with zero attached hydrogens (tertiary/aromatic N) is 2. The zero-order chi connectivity index (χ0) is 22.2. The summed E-state index contributed by atoms with van der Waals surface area (Å²) in [5.74, 6) is -1.20. The molecule has 1 fully saturated rings. The summed E-state index contributed by atoms with van der Waals surface area (Å²) in [6.07, 6.45) is -2.99. The minimum absolute atomic E-state index is 0.0369. The first-order valence-electron chi connectivity index (χ1n) is 10.1. The zero-order valence-corrected chi connectivity index (χ0v) is 16.6. The van der Waals surface area contributed by atoms with E-state index in [4.69, 9.17) is 4.74 Å². The molecule has 5 nitrogen and oxygen atoms in total. The van der Waals surface area contributed by atoms with E-state index in [0.717, 1.165) is 22.0 Å². The number of benzene rings is 2. The molecule has 164 valence electrons. The van der Waals surface area contributed by atoms with Crippen molar-refractivity contribution in [2.45, 2.75) is 32.0 Å². The van der Waals surface area contributed by atoms with Gasteiger partial charge in [-0.25, -0.2) is 4.39 Å². The Kier molecular flexibility index (Phi) is 5.68. The quantitative estimate of drug-likeness (QED) is 0.516. The fourth-order valence-electron chi connectivity index (χ4n) is 4.07. The second-order valence-corrected chi connectivity index (χ2v) is 7.89. The van der Waals surface area contributed by atoms with Gasteiger partial charge in [0.2, 0.25) is 5.91 Å². The average molecular weight is 437 g/mol. The van der Waals surface area contributed by atoms with E-state index in [1.807, 2.05) is 6.07 Å². The van der Waals surface area contributed by atoms with Gasteiger partial charge < -0.3 is 9.64 Å². The fourth-order valence-corrected chi connectivity index (χ4v) is 4.07. The molecule has 2 aromatic carbocycles. The first-order chi connectivity index (χ1) is 14.7. The number of rotatable bonds is 3. The van der Waals surface area contributed by atoms with Crippen LogP contribution in [0.15, 0.2) is 36.4 Å². The molecular weight excluding hydrogens is 416 g/mol. The van der Waals surface area contributed by atoms with Gasteiger partial charge in [0.15, 0.2) is 13.1 Å². The summed E-state index contributed by atoms with van der Waals surface area (Å²) in [5, 5.41) is 0. The molecule has 1 amide bonds. The molecule has 0 radical (unpaired) electrons. The molecular formula is C22H21F4N2O3+. The van der Waals surface area contributed by atoms with Crippen molar-refractivity contribution in [3.8, 4) is 11.5 Å². The molecule has 0 unspecified atom stereocenters. The molecule has 9 heteroatoms. The summed E-state index contributed by atoms with van der Waals surface area (Å²) < 4.78 is 58.5. The molecule has 0 atom stereocenters. The lowest BCUT2D eigenvalue weighted by molar-refractivity contribution is -0.560. The number of hydrogen-bond acceptors (Lipinski definition) is 3. The van der Waals surface area contributed by atoms with E-state index in [0.29, 0.717) is 63.3 Å². The normalized spacial score (nSPS) is 17.4. The van der Waals surface area contributed by atoms with Crippen LogP contribution in [0, 0.1) is 16.6 Å². The van der Waals surface area contributed by atoms with Gasteiger partial charge in [0, 0.05) is 36.9 Å². The third-order valence-corrected chi connectivity index (χ3v) is 5.79. The molecule has 2 heterocycles. The Labute approximate surface area is 176 Å². The summed E-state index contributed by atoms with van der Waals surface area (Å²) in [6.45, 7) is 1.71. The largest absolute Gasteiger partial charge is 0.457 e. The van der Waals surface area contributed by atoms with Crippen LogP contribution >= 0.6 is 0 Å². The number of carbonyl (C=O) groups excluding carboxylic acids is 1. The Balaban J connectivity index is 1.46. The van der Waals surface area contributed by atoms with Crippen LogP contribution in [0.2, 0.25) is 0 Å². The molecule has 0 N–H and O–H groups in total. The molecule has 2 aromatic rings. The zero-order valence-electron chi connectivity index (χ0n) is 16.6. The summed E-state index contributed by atoms with van der Waals surface area (Å²) in [4.78, 5) is 26.0. The molecule has 0 saturated carbocycles. The van der Waals surface area contributed by atoms with Gasteiger partial charge in [-0.3, -0.25) is 4.79 Å². The van der Waals surface area contributed by atoms with Crippen molar-refractivity contribution in [1.29, 1.82) is 0 Å². The van der Waals surface area contributed by atoms with Crippen molar-refractivity contribution in [3.63, 3.8) is 0 Å². The molecule has 0 aliphatic carbocycles. The van der Waals surface area contributed by atoms with Crippen molar-refractivity contribution in [3.05, 3.63) is 63.8 Å². The lowest BCUT2D eigenvalue weighted by Crippen LogP contribution is -2.42. The number of alkyl halides is 3.